The van der Waals surface area contributed by atoms with E-state index in [2.05, 4.69) is 215 Å². The van der Waals surface area contributed by atoms with Crippen LogP contribution in [0.25, 0.3) is 11.1 Å². The van der Waals surface area contributed by atoms with E-state index < -0.39 is 0 Å². The van der Waals surface area contributed by atoms with Crippen molar-refractivity contribution in [1.82, 2.24) is 4.98 Å². The summed E-state index contributed by atoms with van der Waals surface area (Å²) in [6, 6.07) is 53.6. The summed E-state index contributed by atoms with van der Waals surface area (Å²) in [5.74, 6) is 0. The second kappa shape index (κ2) is 13.7. The van der Waals surface area contributed by atoms with Crippen LogP contribution in [0.2, 0.25) is 0 Å². The van der Waals surface area contributed by atoms with Gasteiger partial charge in [-0.1, -0.05) is 128 Å². The minimum Gasteiger partial charge on any atom is -0.334 e. The van der Waals surface area contributed by atoms with Gasteiger partial charge in [0.15, 0.2) is 0 Å². The quantitative estimate of drug-likeness (QED) is 0.165. The van der Waals surface area contributed by atoms with Crippen molar-refractivity contribution in [2.24, 2.45) is 0 Å². The molecule has 1 aliphatic carbocycles. The molecule has 4 heterocycles. The van der Waals surface area contributed by atoms with Crippen LogP contribution in [-0.2, 0) is 16.2 Å². The molecule has 2 atom stereocenters. The Morgan fingerprint density at radius 2 is 1.10 bits per heavy atom. The molecule has 1 saturated carbocycles. The van der Waals surface area contributed by atoms with E-state index in [1.54, 1.807) is 0 Å². The van der Waals surface area contributed by atoms with Gasteiger partial charge in [0.25, 0.3) is 6.71 Å². The fourth-order valence-electron chi connectivity index (χ4n) is 11.6. The lowest BCUT2D eigenvalue weighted by atomic mass is 9.33. The van der Waals surface area contributed by atoms with Gasteiger partial charge in [-0.2, -0.15) is 0 Å². The zero-order chi connectivity index (χ0) is 42.8. The minimum atomic E-state index is -0.137. The standard InChI is InChI=1S/C57H57BN4/c1-54(2,3)40-21-24-43(25-22-40)61-50-27-23-41(55(4,5)6)35-47(50)58-46-18-12-13-19-49(46)60(42-16-10-9-11-17-42)51-36-44(37-52(61)53(51)58)62-48-26-20-39(38-28-32-59-33-29-38)34-45(48)56(7)30-14-15-31-57(56,62)8/h9-13,16-29,32-37H,14-15,30-31H2,1-8H3. The monoisotopic (exact) mass is 808 g/mol. The number of aromatic nitrogens is 1. The van der Waals surface area contributed by atoms with Crippen molar-refractivity contribution in [1.29, 1.82) is 0 Å². The summed E-state index contributed by atoms with van der Waals surface area (Å²) in [5, 5.41) is 0. The lowest BCUT2D eigenvalue weighted by molar-refractivity contribution is 0.195. The number of pyridine rings is 1. The molecule has 7 aromatic rings. The van der Waals surface area contributed by atoms with E-state index in [0.717, 1.165) is 12.8 Å². The number of benzene rings is 6. The molecule has 1 aromatic heterocycles. The number of para-hydroxylation sites is 2. The second-order valence-corrected chi connectivity index (χ2v) is 20.8. The third kappa shape index (κ3) is 5.69. The predicted molar refractivity (Wildman–Crippen MR) is 264 cm³/mol. The van der Waals surface area contributed by atoms with Crippen LogP contribution in [0.1, 0.15) is 97.8 Å². The Kier molecular flexibility index (Phi) is 8.59. The van der Waals surface area contributed by atoms with Crippen LogP contribution in [0.4, 0.5) is 45.5 Å². The zero-order valence-corrected chi connectivity index (χ0v) is 37.6. The Labute approximate surface area is 369 Å². The molecule has 6 aromatic carbocycles. The Morgan fingerprint density at radius 3 is 1.79 bits per heavy atom. The smallest absolute Gasteiger partial charge is 0.252 e. The van der Waals surface area contributed by atoms with Gasteiger partial charge in [0.05, 0.1) is 5.54 Å². The SMILES string of the molecule is CC(C)(C)c1ccc(N2c3ccc(C(C)(C)C)cc3B3c4ccccc4N(c4ccccc4)c4cc(N5c6ccc(-c7ccncc7)cc6C6(C)CCCCC56C)cc2c43)cc1. The predicted octanol–water partition coefficient (Wildman–Crippen LogP) is 13.2. The molecular weight excluding hydrogens is 751 g/mol. The van der Waals surface area contributed by atoms with Gasteiger partial charge in [0, 0.05) is 63.3 Å². The summed E-state index contributed by atoms with van der Waals surface area (Å²) >= 11 is 0. The van der Waals surface area contributed by atoms with Gasteiger partial charge in [-0.15, -0.1) is 0 Å². The van der Waals surface area contributed by atoms with Crippen molar-refractivity contribution in [2.45, 2.75) is 103 Å². The lowest BCUT2D eigenvalue weighted by Gasteiger charge is -2.51. The number of rotatable bonds is 4. The molecule has 2 unspecified atom stereocenters. The topological polar surface area (TPSA) is 22.6 Å². The first-order valence-electron chi connectivity index (χ1n) is 22.8. The Balaban J connectivity index is 1.23. The average molecular weight is 809 g/mol. The Morgan fingerprint density at radius 1 is 0.500 bits per heavy atom. The van der Waals surface area contributed by atoms with Gasteiger partial charge in [0.1, 0.15) is 0 Å². The van der Waals surface area contributed by atoms with Gasteiger partial charge >= 0.3 is 0 Å². The molecule has 3 aliphatic heterocycles. The molecule has 5 heteroatoms. The third-order valence-corrected chi connectivity index (χ3v) is 15.2. The maximum absolute atomic E-state index is 4.34. The molecule has 0 bridgehead atoms. The van der Waals surface area contributed by atoms with Crippen LogP contribution in [0.3, 0.4) is 0 Å². The normalized spacial score (nSPS) is 20.0. The molecule has 308 valence electrons. The molecule has 4 nitrogen and oxygen atoms in total. The Bertz CT molecular complexity index is 2870. The summed E-state index contributed by atoms with van der Waals surface area (Å²) in [6.45, 7) is 19.1. The lowest BCUT2D eigenvalue weighted by Crippen LogP contribution is -2.61. The number of hydrogen-bond acceptors (Lipinski definition) is 4. The summed E-state index contributed by atoms with van der Waals surface area (Å²) in [7, 11) is 0. The fourth-order valence-corrected chi connectivity index (χ4v) is 11.6. The molecule has 62 heavy (non-hydrogen) atoms. The summed E-state index contributed by atoms with van der Waals surface area (Å²) in [5.41, 5.74) is 20.5. The van der Waals surface area contributed by atoms with Gasteiger partial charge in [0.2, 0.25) is 0 Å². The molecule has 0 spiro atoms. The molecule has 4 aliphatic rings. The van der Waals surface area contributed by atoms with Crippen LogP contribution >= 0.6 is 0 Å². The number of hydrogen-bond donors (Lipinski definition) is 0. The highest BCUT2D eigenvalue weighted by atomic mass is 15.3. The summed E-state index contributed by atoms with van der Waals surface area (Å²) in [6.07, 6.45) is 8.56. The first-order chi connectivity index (χ1) is 29.8. The maximum atomic E-state index is 4.34. The Hall–Kier alpha value is -6.07. The van der Waals surface area contributed by atoms with E-state index in [-0.39, 0.29) is 28.5 Å². The fraction of sp³-hybridized carbons (Fsp3) is 0.281. The van der Waals surface area contributed by atoms with Gasteiger partial charge < -0.3 is 14.7 Å². The molecular formula is C57H57BN4. The van der Waals surface area contributed by atoms with Gasteiger partial charge in [-0.3, -0.25) is 4.98 Å². The van der Waals surface area contributed by atoms with E-state index >= 15 is 0 Å². The number of fused-ring (bicyclic) bond motifs is 7. The van der Waals surface area contributed by atoms with Gasteiger partial charge in [-0.25, -0.2) is 0 Å². The van der Waals surface area contributed by atoms with E-state index in [1.807, 2.05) is 12.4 Å². The second-order valence-electron chi connectivity index (χ2n) is 20.8. The van der Waals surface area contributed by atoms with E-state index in [0.29, 0.717) is 0 Å². The van der Waals surface area contributed by atoms with E-state index in [4.69, 9.17) is 0 Å². The largest absolute Gasteiger partial charge is 0.334 e. The van der Waals surface area contributed by atoms with Crippen molar-refractivity contribution in [3.8, 4) is 11.1 Å². The summed E-state index contributed by atoms with van der Waals surface area (Å²) in [4.78, 5) is 12.3. The third-order valence-electron chi connectivity index (χ3n) is 15.2. The van der Waals surface area contributed by atoms with Crippen molar-refractivity contribution in [3.63, 3.8) is 0 Å². The molecule has 1 fully saturated rings. The van der Waals surface area contributed by atoms with Crippen molar-refractivity contribution in [3.05, 3.63) is 169 Å². The molecule has 11 rings (SSSR count). The van der Waals surface area contributed by atoms with Crippen molar-refractivity contribution >= 4 is 68.6 Å². The first kappa shape index (κ1) is 38.8. The molecule has 0 N–H and O–H groups in total. The van der Waals surface area contributed by atoms with Crippen LogP contribution in [0.15, 0.2) is 152 Å². The molecule has 0 radical (unpaired) electrons. The molecule has 0 amide bonds. The molecule has 0 saturated heterocycles. The average Bonchev–Trinajstić information content (AvgIpc) is 3.48. The van der Waals surface area contributed by atoms with Crippen LogP contribution in [0.5, 0.6) is 0 Å². The minimum absolute atomic E-state index is 0.00601. The maximum Gasteiger partial charge on any atom is 0.252 e. The van der Waals surface area contributed by atoms with E-state index in [9.17, 15) is 0 Å². The first-order valence-corrected chi connectivity index (χ1v) is 22.8. The number of anilines is 8. The van der Waals surface area contributed by atoms with Gasteiger partial charge in [-0.05, 0) is 148 Å². The highest BCUT2D eigenvalue weighted by Gasteiger charge is 2.58. The van der Waals surface area contributed by atoms with Crippen LogP contribution < -0.4 is 31.1 Å². The van der Waals surface area contributed by atoms with Crippen LogP contribution in [0, 0.1) is 0 Å². The van der Waals surface area contributed by atoms with E-state index in [1.165, 1.54) is 103 Å². The summed E-state index contributed by atoms with van der Waals surface area (Å²) < 4.78 is 0. The van der Waals surface area contributed by atoms with Crippen LogP contribution in [-0.4, -0.2) is 17.2 Å². The van der Waals surface area contributed by atoms with Crippen molar-refractivity contribution in [2.75, 3.05) is 14.7 Å². The zero-order valence-electron chi connectivity index (χ0n) is 37.6. The number of nitrogens with zero attached hydrogens (tertiary/aromatic N) is 4. The highest BCUT2D eigenvalue weighted by Crippen LogP contribution is 2.62. The van der Waals surface area contributed by atoms with Crippen molar-refractivity contribution < 1.29 is 0 Å². The highest BCUT2D eigenvalue weighted by molar-refractivity contribution is 7.00.